The summed E-state index contributed by atoms with van der Waals surface area (Å²) in [6.07, 6.45) is 5.62. The minimum atomic E-state index is -0.193. The van der Waals surface area contributed by atoms with Gasteiger partial charge in [-0.25, -0.2) is 0 Å². The van der Waals surface area contributed by atoms with Gasteiger partial charge in [-0.1, -0.05) is 30.7 Å². The number of rotatable bonds is 5. The molecule has 2 aliphatic heterocycles. The molecule has 2 aromatic carbocycles. The molecular weight excluding hydrogens is 466 g/mol. The van der Waals surface area contributed by atoms with Crippen molar-refractivity contribution in [1.29, 1.82) is 0 Å². The maximum absolute atomic E-state index is 13.6. The van der Waals surface area contributed by atoms with Crippen LogP contribution in [0.15, 0.2) is 48.2 Å². The van der Waals surface area contributed by atoms with Crippen LogP contribution in [0.4, 0.5) is 5.69 Å². The number of amides is 2. The number of ether oxygens (including phenoxy) is 2. The zero-order valence-electron chi connectivity index (χ0n) is 22.1. The van der Waals surface area contributed by atoms with E-state index in [2.05, 4.69) is 36.9 Å². The molecule has 2 saturated heterocycles. The topological polar surface area (TPSA) is 62.3 Å². The van der Waals surface area contributed by atoms with E-state index >= 15 is 0 Å². The van der Waals surface area contributed by atoms with Crippen LogP contribution in [-0.2, 0) is 14.3 Å². The molecule has 1 aliphatic carbocycles. The zero-order chi connectivity index (χ0) is 25.9. The number of aryl methyl sites for hydroxylation is 1. The summed E-state index contributed by atoms with van der Waals surface area (Å²) in [6, 6.07) is 13.9. The number of benzene rings is 2. The highest BCUT2D eigenvalue weighted by atomic mass is 16.5. The average Bonchev–Trinajstić information content (AvgIpc) is 2.93. The molecule has 2 unspecified atom stereocenters. The van der Waals surface area contributed by atoms with Crippen molar-refractivity contribution in [1.82, 2.24) is 9.80 Å². The summed E-state index contributed by atoms with van der Waals surface area (Å²) in [7, 11) is 1.63. The van der Waals surface area contributed by atoms with Crippen LogP contribution >= 0.6 is 0 Å². The third kappa shape index (κ3) is 5.31. The van der Waals surface area contributed by atoms with Crippen LogP contribution < -0.4 is 9.64 Å². The van der Waals surface area contributed by atoms with Crippen LogP contribution in [-0.4, -0.2) is 73.6 Å². The normalized spacial score (nSPS) is 23.1. The lowest BCUT2D eigenvalue weighted by Crippen LogP contribution is -2.58. The van der Waals surface area contributed by atoms with Crippen molar-refractivity contribution in [3.05, 3.63) is 64.9 Å². The van der Waals surface area contributed by atoms with Gasteiger partial charge < -0.3 is 24.2 Å². The first-order valence-electron chi connectivity index (χ1n) is 13.4. The SMILES string of the molecule is COc1ccc(/C=C2/OC3CCCCC3N(CC(=O)N3CCN(c4cccc(C)c4C)CC3)C2=O)cc1. The summed E-state index contributed by atoms with van der Waals surface area (Å²) in [4.78, 5) is 33.0. The van der Waals surface area contributed by atoms with Gasteiger partial charge in [-0.15, -0.1) is 0 Å². The molecule has 196 valence electrons. The molecule has 2 atom stereocenters. The predicted octanol–water partition coefficient (Wildman–Crippen LogP) is 4.17. The Balaban J connectivity index is 1.28. The van der Waals surface area contributed by atoms with E-state index in [1.807, 2.05) is 29.2 Å². The van der Waals surface area contributed by atoms with Gasteiger partial charge in [0.2, 0.25) is 5.91 Å². The third-order valence-corrected chi connectivity index (χ3v) is 8.09. The molecule has 2 amide bonds. The van der Waals surface area contributed by atoms with Crippen LogP contribution in [0.5, 0.6) is 5.75 Å². The highest BCUT2D eigenvalue weighted by Crippen LogP contribution is 2.33. The lowest BCUT2D eigenvalue weighted by atomic mass is 9.89. The largest absolute Gasteiger partial charge is 0.497 e. The number of hydrogen-bond donors (Lipinski definition) is 0. The lowest BCUT2D eigenvalue weighted by molar-refractivity contribution is -0.154. The second kappa shape index (κ2) is 10.9. The average molecular weight is 504 g/mol. The van der Waals surface area contributed by atoms with Gasteiger partial charge in [0.25, 0.3) is 5.91 Å². The number of piperazine rings is 1. The molecule has 7 heteroatoms. The van der Waals surface area contributed by atoms with Crippen LogP contribution in [0.1, 0.15) is 42.4 Å². The first-order valence-corrected chi connectivity index (χ1v) is 13.4. The number of anilines is 1. The number of fused-ring (bicyclic) bond motifs is 1. The van der Waals surface area contributed by atoms with Crippen LogP contribution in [0.25, 0.3) is 6.08 Å². The molecule has 0 aromatic heterocycles. The number of hydrogen-bond acceptors (Lipinski definition) is 5. The maximum Gasteiger partial charge on any atom is 0.289 e. The highest BCUT2D eigenvalue weighted by molar-refractivity contribution is 5.98. The van der Waals surface area contributed by atoms with Gasteiger partial charge in [0, 0.05) is 31.9 Å². The summed E-state index contributed by atoms with van der Waals surface area (Å²) in [5.74, 6) is 0.904. The first-order chi connectivity index (χ1) is 17.9. The number of carbonyl (C=O) groups is 2. The van der Waals surface area contributed by atoms with Crippen molar-refractivity contribution in [2.24, 2.45) is 0 Å². The summed E-state index contributed by atoms with van der Waals surface area (Å²) in [5.41, 5.74) is 4.68. The van der Waals surface area contributed by atoms with Crippen molar-refractivity contribution in [3.63, 3.8) is 0 Å². The van der Waals surface area contributed by atoms with Gasteiger partial charge in [0.15, 0.2) is 5.76 Å². The fourth-order valence-electron chi connectivity index (χ4n) is 5.73. The minimum Gasteiger partial charge on any atom is -0.497 e. The van der Waals surface area contributed by atoms with Crippen molar-refractivity contribution in [2.75, 3.05) is 44.7 Å². The molecule has 3 aliphatic rings. The molecule has 3 fully saturated rings. The molecule has 2 aromatic rings. The monoisotopic (exact) mass is 503 g/mol. The summed E-state index contributed by atoms with van der Waals surface area (Å²) < 4.78 is 11.5. The van der Waals surface area contributed by atoms with Gasteiger partial charge in [0.05, 0.1) is 13.2 Å². The molecule has 0 spiro atoms. The van der Waals surface area contributed by atoms with E-state index in [4.69, 9.17) is 9.47 Å². The fraction of sp³-hybridized carbons (Fsp3) is 0.467. The Labute approximate surface area is 219 Å². The molecule has 2 heterocycles. The second-order valence-electron chi connectivity index (χ2n) is 10.3. The second-order valence-corrected chi connectivity index (χ2v) is 10.3. The molecule has 7 nitrogen and oxygen atoms in total. The molecule has 37 heavy (non-hydrogen) atoms. The van der Waals surface area contributed by atoms with Crippen molar-refractivity contribution in [2.45, 2.75) is 51.7 Å². The molecule has 1 saturated carbocycles. The Morgan fingerprint density at radius 2 is 1.76 bits per heavy atom. The van der Waals surface area contributed by atoms with Crippen LogP contribution in [0, 0.1) is 13.8 Å². The Hall–Kier alpha value is -3.48. The smallest absolute Gasteiger partial charge is 0.289 e. The predicted molar refractivity (Wildman–Crippen MR) is 145 cm³/mol. The molecule has 0 N–H and O–H groups in total. The maximum atomic E-state index is 13.6. The summed E-state index contributed by atoms with van der Waals surface area (Å²) >= 11 is 0. The highest BCUT2D eigenvalue weighted by Gasteiger charge is 2.42. The number of morpholine rings is 1. The molecule has 0 bridgehead atoms. The standard InChI is InChI=1S/C30H37N3O4/c1-21-7-6-9-25(22(21)2)31-15-17-32(18-16-31)29(34)20-33-26-8-4-5-10-27(26)37-28(30(33)35)19-23-11-13-24(36-3)14-12-23/h6-7,9,11-14,19,26-27H,4-5,8,10,15-18,20H2,1-3H3/b28-19+. The summed E-state index contributed by atoms with van der Waals surface area (Å²) in [6.45, 7) is 7.30. The summed E-state index contributed by atoms with van der Waals surface area (Å²) in [5, 5.41) is 0. The van der Waals surface area contributed by atoms with Crippen LogP contribution in [0.2, 0.25) is 0 Å². The van der Waals surface area contributed by atoms with Gasteiger partial charge in [0.1, 0.15) is 18.4 Å². The van der Waals surface area contributed by atoms with E-state index in [9.17, 15) is 9.59 Å². The minimum absolute atomic E-state index is 0.0176. The quantitative estimate of drug-likeness (QED) is 0.573. The van der Waals surface area contributed by atoms with E-state index in [0.717, 1.165) is 50.1 Å². The number of carbonyl (C=O) groups excluding carboxylic acids is 2. The Morgan fingerprint density at radius 1 is 1.03 bits per heavy atom. The van der Waals surface area contributed by atoms with Gasteiger partial charge in [-0.3, -0.25) is 9.59 Å². The fourth-order valence-corrected chi connectivity index (χ4v) is 5.73. The van der Waals surface area contributed by atoms with Gasteiger partial charge >= 0.3 is 0 Å². The van der Waals surface area contributed by atoms with E-state index < -0.39 is 0 Å². The number of nitrogens with zero attached hydrogens (tertiary/aromatic N) is 3. The van der Waals surface area contributed by atoms with E-state index in [-0.39, 0.29) is 30.5 Å². The molecule has 5 rings (SSSR count). The van der Waals surface area contributed by atoms with Crippen molar-refractivity contribution >= 4 is 23.6 Å². The molecular formula is C30H37N3O4. The van der Waals surface area contributed by atoms with E-state index in [1.54, 1.807) is 18.1 Å². The van der Waals surface area contributed by atoms with Crippen LogP contribution in [0.3, 0.4) is 0 Å². The third-order valence-electron chi connectivity index (χ3n) is 8.09. The van der Waals surface area contributed by atoms with Crippen molar-refractivity contribution < 1.29 is 19.1 Å². The van der Waals surface area contributed by atoms with Gasteiger partial charge in [-0.2, -0.15) is 0 Å². The Kier molecular flexibility index (Phi) is 7.40. The number of methoxy groups -OCH3 is 1. The van der Waals surface area contributed by atoms with Gasteiger partial charge in [-0.05, 0) is 74.1 Å². The first kappa shape index (κ1) is 25.2. The van der Waals surface area contributed by atoms with Crippen molar-refractivity contribution in [3.8, 4) is 5.75 Å². The lowest BCUT2D eigenvalue weighted by Gasteiger charge is -2.45. The van der Waals surface area contributed by atoms with E-state index in [0.29, 0.717) is 18.8 Å². The molecule has 0 radical (unpaired) electrons. The zero-order valence-corrected chi connectivity index (χ0v) is 22.1. The Bertz CT molecular complexity index is 1170. The Morgan fingerprint density at radius 3 is 2.49 bits per heavy atom. The van der Waals surface area contributed by atoms with E-state index in [1.165, 1.54) is 16.8 Å².